The molecular formula is C33H32N2O8S3. The van der Waals surface area contributed by atoms with E-state index in [4.69, 9.17) is 21.7 Å². The molecule has 1 amide bonds. The molecule has 1 N–H and O–H groups in total. The van der Waals surface area contributed by atoms with Gasteiger partial charge in [0.2, 0.25) is 5.91 Å². The van der Waals surface area contributed by atoms with Crippen molar-refractivity contribution >= 4 is 56.4 Å². The highest BCUT2D eigenvalue weighted by Crippen LogP contribution is 2.31. The fraction of sp³-hybridized carbons (Fsp3) is 0.273. The van der Waals surface area contributed by atoms with Crippen LogP contribution in [-0.2, 0) is 20.8 Å². The molecule has 0 radical (unpaired) electrons. The summed E-state index contributed by atoms with van der Waals surface area (Å²) in [4.78, 5) is 54.6. The Balaban J connectivity index is 1.51. The predicted octanol–water partition coefficient (Wildman–Crippen LogP) is 8.26. The van der Waals surface area contributed by atoms with Crippen LogP contribution < -0.4 is 14.8 Å². The Labute approximate surface area is 278 Å². The number of anilines is 1. The number of hydrogen-bond acceptors (Lipinski definition) is 11. The Morgan fingerprint density at radius 3 is 2.28 bits per heavy atom. The molecule has 1 atom stereocenters. The normalized spacial score (nSPS) is 11.5. The van der Waals surface area contributed by atoms with E-state index in [1.807, 2.05) is 30.3 Å². The van der Waals surface area contributed by atoms with Crippen molar-refractivity contribution in [1.82, 2.24) is 0 Å². The second kappa shape index (κ2) is 16.2. The van der Waals surface area contributed by atoms with E-state index < -0.39 is 22.9 Å². The van der Waals surface area contributed by atoms with Crippen LogP contribution in [0.2, 0.25) is 0 Å². The molecule has 1 heterocycles. The van der Waals surface area contributed by atoms with Gasteiger partial charge in [-0.25, -0.2) is 4.79 Å². The van der Waals surface area contributed by atoms with E-state index in [0.717, 1.165) is 26.2 Å². The Hall–Kier alpha value is -4.46. The first-order valence-electron chi connectivity index (χ1n) is 14.4. The van der Waals surface area contributed by atoms with Crippen molar-refractivity contribution < 1.29 is 33.8 Å². The van der Waals surface area contributed by atoms with E-state index in [1.54, 1.807) is 41.5 Å². The van der Waals surface area contributed by atoms with Crippen LogP contribution in [0, 0.1) is 19.9 Å². The van der Waals surface area contributed by atoms with E-state index in [9.17, 15) is 24.5 Å². The summed E-state index contributed by atoms with van der Waals surface area (Å²) in [7, 11) is 3.05. The fourth-order valence-electron chi connectivity index (χ4n) is 4.42. The second-order valence-corrected chi connectivity index (χ2v) is 13.7. The lowest BCUT2D eigenvalue weighted by Crippen LogP contribution is -2.20. The van der Waals surface area contributed by atoms with Crippen LogP contribution in [0.1, 0.15) is 61.0 Å². The Morgan fingerprint density at radius 1 is 0.935 bits per heavy atom. The number of rotatable bonds is 14. The van der Waals surface area contributed by atoms with E-state index in [2.05, 4.69) is 24.0 Å². The molecule has 0 fully saturated rings. The molecule has 0 bridgehead atoms. The summed E-state index contributed by atoms with van der Waals surface area (Å²) >= 11 is 5.21. The molecule has 240 valence electrons. The summed E-state index contributed by atoms with van der Waals surface area (Å²) in [5, 5.41) is 12.2. The lowest BCUT2D eigenvalue weighted by atomic mass is 9.96. The van der Waals surface area contributed by atoms with Crippen LogP contribution >= 0.6 is 32.9 Å². The number of esters is 2. The van der Waals surface area contributed by atoms with E-state index in [0.29, 0.717) is 11.6 Å². The minimum Gasteiger partial charge on any atom is -0.426 e. The minimum absolute atomic E-state index is 0.0361. The number of hydrogen-bond donors (Lipinski definition) is 1. The Kier molecular flexibility index (Phi) is 12.1. The van der Waals surface area contributed by atoms with Crippen molar-refractivity contribution in [3.05, 3.63) is 103 Å². The minimum atomic E-state index is -0.945. The number of carbonyl (C=O) groups is 3. The molecule has 4 aromatic rings. The zero-order valence-corrected chi connectivity index (χ0v) is 27.8. The summed E-state index contributed by atoms with van der Waals surface area (Å²) in [6.45, 7) is 5.80. The quantitative estimate of drug-likeness (QED) is 0.0266. The zero-order valence-electron chi connectivity index (χ0n) is 25.3. The van der Waals surface area contributed by atoms with Crippen molar-refractivity contribution in [2.75, 3.05) is 11.9 Å². The van der Waals surface area contributed by atoms with Gasteiger partial charge in [0.05, 0.1) is 12.5 Å². The van der Waals surface area contributed by atoms with Crippen LogP contribution in [-0.4, -0.2) is 29.5 Å². The van der Waals surface area contributed by atoms with Crippen molar-refractivity contribution in [3.8, 4) is 21.9 Å². The van der Waals surface area contributed by atoms with Crippen LogP contribution in [0.15, 0.2) is 72.8 Å². The highest BCUT2D eigenvalue weighted by molar-refractivity contribution is 7.80. The maximum absolute atomic E-state index is 13.4. The van der Waals surface area contributed by atoms with Gasteiger partial charge in [-0.1, -0.05) is 71.0 Å². The number of nitrogens with one attached hydrogen (secondary N) is 1. The Bertz CT molecular complexity index is 1750. The third-order valence-corrected chi connectivity index (χ3v) is 9.65. The van der Waals surface area contributed by atoms with Crippen LogP contribution in [0.25, 0.3) is 10.4 Å². The largest absolute Gasteiger partial charge is 0.426 e. The summed E-state index contributed by atoms with van der Waals surface area (Å²) in [5.74, 6) is -1.64. The number of ether oxygens (including phenoxy) is 2. The first-order valence-corrected chi connectivity index (χ1v) is 17.0. The van der Waals surface area contributed by atoms with Gasteiger partial charge in [0.25, 0.3) is 5.09 Å². The maximum Gasteiger partial charge on any atom is 0.347 e. The molecule has 46 heavy (non-hydrogen) atoms. The van der Waals surface area contributed by atoms with Gasteiger partial charge in [0.1, 0.15) is 20.9 Å². The van der Waals surface area contributed by atoms with E-state index >= 15 is 0 Å². The molecule has 10 nitrogen and oxygen atoms in total. The Morgan fingerprint density at radius 2 is 1.65 bits per heavy atom. The van der Waals surface area contributed by atoms with Crippen molar-refractivity contribution in [2.24, 2.45) is 5.92 Å². The van der Waals surface area contributed by atoms with Gasteiger partial charge in [-0.15, -0.1) is 10.1 Å². The summed E-state index contributed by atoms with van der Waals surface area (Å²) < 4.78 is 11.8. The van der Waals surface area contributed by atoms with Gasteiger partial charge < -0.3 is 19.6 Å². The summed E-state index contributed by atoms with van der Waals surface area (Å²) in [6.07, 6.45) is 0.790. The number of benzene rings is 3. The molecule has 0 aliphatic heterocycles. The van der Waals surface area contributed by atoms with E-state index in [-0.39, 0.29) is 42.4 Å². The number of amides is 1. The van der Waals surface area contributed by atoms with Crippen LogP contribution in [0.5, 0.6) is 11.5 Å². The molecule has 0 aliphatic rings. The van der Waals surface area contributed by atoms with Crippen molar-refractivity contribution in [3.63, 3.8) is 0 Å². The second-order valence-electron chi connectivity index (χ2n) is 10.8. The van der Waals surface area contributed by atoms with E-state index in [1.165, 1.54) is 34.1 Å². The van der Waals surface area contributed by atoms with Crippen LogP contribution in [0.4, 0.5) is 5.69 Å². The standard InChI is InChI=1S/C33H32N2O8S3/c1-20(2)17-22-6-8-23(9-7-22)21(3)32(37)34-25-12-15-28(43-30(36)5-4-16-41-35(39)40)27(18-25)33(38)42-26-13-10-24(11-14-26)29-19-31(44)46-45-29/h6-15,18-21H,4-5,16-17H2,1-3H3,(H,34,37). The third-order valence-electron chi connectivity index (χ3n) is 6.74. The monoisotopic (exact) mass is 680 g/mol. The SMILES string of the molecule is CC(C)Cc1ccc(C(C)C(=O)Nc2ccc(OC(=O)CCCO[N+](=O)[O-])c(C(=O)Oc3ccc(-c4cc(=S)ss4)cc3)c2)cc1. The molecule has 3 aromatic carbocycles. The average Bonchev–Trinajstić information content (AvgIpc) is 3.46. The van der Waals surface area contributed by atoms with Gasteiger partial charge >= 0.3 is 11.9 Å². The molecule has 1 unspecified atom stereocenters. The summed E-state index contributed by atoms with van der Waals surface area (Å²) in [6, 6.07) is 21.0. The molecule has 0 aliphatic carbocycles. The smallest absolute Gasteiger partial charge is 0.347 e. The predicted molar refractivity (Wildman–Crippen MR) is 180 cm³/mol. The fourth-order valence-corrected chi connectivity index (χ4v) is 6.83. The molecule has 0 saturated carbocycles. The van der Waals surface area contributed by atoms with Gasteiger partial charge in [-0.3, -0.25) is 9.59 Å². The molecule has 1 aromatic heterocycles. The van der Waals surface area contributed by atoms with Gasteiger partial charge in [0.15, 0.2) is 0 Å². The van der Waals surface area contributed by atoms with Gasteiger partial charge in [-0.05, 0) is 90.9 Å². The number of carbonyl (C=O) groups excluding carboxylic acids is 3. The lowest BCUT2D eigenvalue weighted by molar-refractivity contribution is -0.757. The zero-order chi connectivity index (χ0) is 33.2. The first-order chi connectivity index (χ1) is 22.0. The molecule has 4 rings (SSSR count). The molecular weight excluding hydrogens is 649 g/mol. The average molecular weight is 681 g/mol. The molecule has 0 spiro atoms. The molecule has 13 heteroatoms. The molecule has 0 saturated heterocycles. The van der Waals surface area contributed by atoms with Gasteiger partial charge in [-0.2, -0.15) is 0 Å². The number of nitrogens with zero attached hydrogens (tertiary/aromatic N) is 1. The van der Waals surface area contributed by atoms with Crippen molar-refractivity contribution in [2.45, 2.75) is 46.0 Å². The van der Waals surface area contributed by atoms with Crippen molar-refractivity contribution in [1.29, 1.82) is 0 Å². The lowest BCUT2D eigenvalue weighted by Gasteiger charge is -2.16. The van der Waals surface area contributed by atoms with Crippen LogP contribution in [0.3, 0.4) is 0 Å². The topological polar surface area (TPSA) is 134 Å². The highest BCUT2D eigenvalue weighted by atomic mass is 32.9. The highest BCUT2D eigenvalue weighted by Gasteiger charge is 2.21. The third kappa shape index (κ3) is 10.0. The van der Waals surface area contributed by atoms with Gasteiger partial charge in [0, 0.05) is 17.0 Å². The summed E-state index contributed by atoms with van der Waals surface area (Å²) in [5.41, 5.74) is 3.15. The maximum atomic E-state index is 13.4. The first kappa shape index (κ1) is 34.4.